The van der Waals surface area contributed by atoms with Crippen LogP contribution in [0, 0.1) is 11.8 Å². The van der Waals surface area contributed by atoms with Gasteiger partial charge < -0.3 is 5.32 Å². The molecule has 0 saturated heterocycles. The van der Waals surface area contributed by atoms with Crippen LogP contribution < -0.4 is 5.32 Å². The van der Waals surface area contributed by atoms with Gasteiger partial charge in [-0.15, -0.1) is 0 Å². The van der Waals surface area contributed by atoms with E-state index in [1.165, 1.54) is 0 Å². The molecule has 1 aliphatic carbocycles. The third-order valence-corrected chi connectivity index (χ3v) is 3.42. The van der Waals surface area contributed by atoms with Crippen molar-refractivity contribution < 1.29 is 9.59 Å². The fraction of sp³-hybridized carbons (Fsp3) is 0.467. The molecule has 1 N–H and O–H groups in total. The standard InChI is InChI=1S/C15H19NO2/c1-10-8-13(10)15(18)16-11(2)9-14(17)12-6-4-3-5-7-12/h3-7,10-11,13H,8-9H2,1-2H3,(H,16,18)/t10-,11+,13+/m0/s1. The smallest absolute Gasteiger partial charge is 0.223 e. The highest BCUT2D eigenvalue weighted by Crippen LogP contribution is 2.37. The maximum Gasteiger partial charge on any atom is 0.223 e. The van der Waals surface area contributed by atoms with Gasteiger partial charge in [-0.05, 0) is 19.3 Å². The van der Waals surface area contributed by atoms with Crippen LogP contribution in [0.1, 0.15) is 37.0 Å². The molecular formula is C15H19NO2. The normalized spacial score (nSPS) is 23.2. The number of ketones is 1. The fourth-order valence-electron chi connectivity index (χ4n) is 2.11. The number of benzene rings is 1. The van der Waals surface area contributed by atoms with Gasteiger partial charge in [0.2, 0.25) is 5.91 Å². The van der Waals surface area contributed by atoms with Gasteiger partial charge in [0.05, 0.1) is 0 Å². The van der Waals surface area contributed by atoms with Crippen molar-refractivity contribution in [3.63, 3.8) is 0 Å². The molecule has 18 heavy (non-hydrogen) atoms. The van der Waals surface area contributed by atoms with Crippen LogP contribution in [0.25, 0.3) is 0 Å². The van der Waals surface area contributed by atoms with Gasteiger partial charge in [-0.3, -0.25) is 9.59 Å². The quantitative estimate of drug-likeness (QED) is 0.810. The highest BCUT2D eigenvalue weighted by molar-refractivity contribution is 5.96. The first-order chi connectivity index (χ1) is 8.58. The molecule has 0 unspecified atom stereocenters. The van der Waals surface area contributed by atoms with Gasteiger partial charge in [-0.25, -0.2) is 0 Å². The zero-order valence-corrected chi connectivity index (χ0v) is 10.8. The number of carbonyl (C=O) groups is 2. The second kappa shape index (κ2) is 5.34. The summed E-state index contributed by atoms with van der Waals surface area (Å²) in [6, 6.07) is 9.10. The molecule has 3 heteroatoms. The number of carbonyl (C=O) groups excluding carboxylic acids is 2. The lowest BCUT2D eigenvalue weighted by molar-refractivity contribution is -0.123. The molecule has 0 bridgehead atoms. The summed E-state index contributed by atoms with van der Waals surface area (Å²) in [5.74, 6) is 0.837. The summed E-state index contributed by atoms with van der Waals surface area (Å²) in [5.41, 5.74) is 0.707. The van der Waals surface area contributed by atoms with Crippen LogP contribution in [0.15, 0.2) is 30.3 Å². The Bertz CT molecular complexity index is 441. The average Bonchev–Trinajstić information content (AvgIpc) is 3.07. The van der Waals surface area contributed by atoms with E-state index >= 15 is 0 Å². The lowest BCUT2D eigenvalue weighted by atomic mass is 10.0. The van der Waals surface area contributed by atoms with E-state index in [0.717, 1.165) is 6.42 Å². The number of amides is 1. The van der Waals surface area contributed by atoms with Crippen molar-refractivity contribution in [1.29, 1.82) is 0 Å². The molecule has 1 aliphatic rings. The van der Waals surface area contributed by atoms with Gasteiger partial charge in [-0.2, -0.15) is 0 Å². The van der Waals surface area contributed by atoms with Crippen molar-refractivity contribution in [1.82, 2.24) is 5.32 Å². The highest BCUT2D eigenvalue weighted by Gasteiger charge is 2.39. The molecule has 0 heterocycles. The maximum atomic E-state index is 11.9. The van der Waals surface area contributed by atoms with E-state index in [0.29, 0.717) is 17.9 Å². The molecule has 1 saturated carbocycles. The van der Waals surface area contributed by atoms with Gasteiger partial charge in [0.1, 0.15) is 0 Å². The molecule has 1 aromatic rings. The molecule has 0 radical (unpaired) electrons. The monoisotopic (exact) mass is 245 g/mol. The summed E-state index contributed by atoms with van der Waals surface area (Å²) >= 11 is 0. The van der Waals surface area contributed by atoms with E-state index in [1.807, 2.05) is 25.1 Å². The van der Waals surface area contributed by atoms with Crippen molar-refractivity contribution in [3.05, 3.63) is 35.9 Å². The predicted molar refractivity (Wildman–Crippen MR) is 70.3 cm³/mol. The van der Waals surface area contributed by atoms with E-state index in [-0.39, 0.29) is 23.7 Å². The number of Topliss-reactive ketones (excluding diaryl/α,β-unsaturated/α-hetero) is 1. The van der Waals surface area contributed by atoms with E-state index < -0.39 is 0 Å². The predicted octanol–water partition coefficient (Wildman–Crippen LogP) is 2.42. The molecule has 1 fully saturated rings. The summed E-state index contributed by atoms with van der Waals surface area (Å²) < 4.78 is 0. The average molecular weight is 245 g/mol. The summed E-state index contributed by atoms with van der Waals surface area (Å²) in [4.78, 5) is 23.7. The number of hydrogen-bond donors (Lipinski definition) is 1. The molecule has 1 aromatic carbocycles. The topological polar surface area (TPSA) is 46.2 Å². The Morgan fingerprint density at radius 2 is 1.94 bits per heavy atom. The first kappa shape index (κ1) is 12.8. The maximum absolute atomic E-state index is 11.9. The van der Waals surface area contributed by atoms with Gasteiger partial charge in [0, 0.05) is 23.9 Å². The van der Waals surface area contributed by atoms with Crippen LogP contribution in [-0.2, 0) is 4.79 Å². The van der Waals surface area contributed by atoms with Crippen molar-refractivity contribution in [2.75, 3.05) is 0 Å². The number of rotatable bonds is 5. The Balaban J connectivity index is 1.82. The fourth-order valence-corrected chi connectivity index (χ4v) is 2.11. The van der Waals surface area contributed by atoms with E-state index in [4.69, 9.17) is 0 Å². The van der Waals surface area contributed by atoms with Gasteiger partial charge in [0.25, 0.3) is 0 Å². The first-order valence-corrected chi connectivity index (χ1v) is 6.46. The van der Waals surface area contributed by atoms with Crippen LogP contribution in [0.2, 0.25) is 0 Å². The highest BCUT2D eigenvalue weighted by atomic mass is 16.2. The molecule has 0 aromatic heterocycles. The SMILES string of the molecule is C[C@H](CC(=O)c1ccccc1)NC(=O)[C@@H]1C[C@@H]1C. The molecule has 3 atom stereocenters. The van der Waals surface area contributed by atoms with Gasteiger partial charge >= 0.3 is 0 Å². The van der Waals surface area contributed by atoms with Crippen molar-refractivity contribution in [2.24, 2.45) is 11.8 Å². The van der Waals surface area contributed by atoms with Gasteiger partial charge in [0.15, 0.2) is 5.78 Å². The Hall–Kier alpha value is -1.64. The third kappa shape index (κ3) is 3.19. The second-order valence-electron chi connectivity index (χ2n) is 5.22. The van der Waals surface area contributed by atoms with Crippen LogP contribution in [0.5, 0.6) is 0 Å². The minimum atomic E-state index is -0.0991. The zero-order valence-electron chi connectivity index (χ0n) is 10.8. The van der Waals surface area contributed by atoms with Gasteiger partial charge in [-0.1, -0.05) is 37.3 Å². The molecule has 96 valence electrons. The molecule has 0 spiro atoms. The van der Waals surface area contributed by atoms with E-state index in [9.17, 15) is 9.59 Å². The third-order valence-electron chi connectivity index (χ3n) is 3.42. The number of nitrogens with one attached hydrogen (secondary N) is 1. The van der Waals surface area contributed by atoms with Crippen LogP contribution >= 0.6 is 0 Å². The molecule has 1 amide bonds. The first-order valence-electron chi connectivity index (χ1n) is 6.46. The minimum absolute atomic E-state index is 0.0762. The lowest BCUT2D eigenvalue weighted by Gasteiger charge is -2.13. The Morgan fingerprint density at radius 3 is 2.50 bits per heavy atom. The zero-order chi connectivity index (χ0) is 13.1. The van der Waals surface area contributed by atoms with Crippen LogP contribution in [-0.4, -0.2) is 17.7 Å². The Kier molecular flexibility index (Phi) is 3.80. The van der Waals surface area contributed by atoms with Crippen LogP contribution in [0.3, 0.4) is 0 Å². The summed E-state index contributed by atoms with van der Waals surface area (Å²) in [6.45, 7) is 3.95. The molecule has 0 aliphatic heterocycles. The molecular weight excluding hydrogens is 226 g/mol. The summed E-state index contributed by atoms with van der Waals surface area (Å²) in [6.07, 6.45) is 1.34. The molecule has 3 nitrogen and oxygen atoms in total. The number of hydrogen-bond acceptors (Lipinski definition) is 2. The Morgan fingerprint density at radius 1 is 1.33 bits per heavy atom. The molecule has 2 rings (SSSR count). The second-order valence-corrected chi connectivity index (χ2v) is 5.22. The van der Waals surface area contributed by atoms with Crippen molar-refractivity contribution in [2.45, 2.75) is 32.7 Å². The summed E-state index contributed by atoms with van der Waals surface area (Å²) in [5, 5.41) is 2.91. The minimum Gasteiger partial charge on any atom is -0.353 e. The van der Waals surface area contributed by atoms with Crippen molar-refractivity contribution >= 4 is 11.7 Å². The Labute approximate surface area is 108 Å². The van der Waals surface area contributed by atoms with E-state index in [2.05, 4.69) is 12.2 Å². The van der Waals surface area contributed by atoms with Crippen molar-refractivity contribution in [3.8, 4) is 0 Å². The largest absolute Gasteiger partial charge is 0.353 e. The van der Waals surface area contributed by atoms with E-state index in [1.54, 1.807) is 12.1 Å². The van der Waals surface area contributed by atoms with Crippen LogP contribution in [0.4, 0.5) is 0 Å². The summed E-state index contributed by atoms with van der Waals surface area (Å²) in [7, 11) is 0. The lowest BCUT2D eigenvalue weighted by Crippen LogP contribution is -2.35.